The average molecular weight is 351 g/mol. The van der Waals surface area contributed by atoms with E-state index in [9.17, 15) is 4.79 Å². The molecule has 136 valence electrons. The first-order valence-corrected chi connectivity index (χ1v) is 9.02. The molecule has 0 saturated heterocycles. The number of hydrogen-bond acceptors (Lipinski definition) is 4. The summed E-state index contributed by atoms with van der Waals surface area (Å²) < 4.78 is 5.42. The predicted octanol–water partition coefficient (Wildman–Crippen LogP) is 4.47. The number of aromatic nitrogens is 1. The van der Waals surface area contributed by atoms with Gasteiger partial charge < -0.3 is 14.7 Å². The molecule has 0 saturated carbocycles. The van der Waals surface area contributed by atoms with Gasteiger partial charge in [0.25, 0.3) is 0 Å². The number of amides is 1. The lowest BCUT2D eigenvalue weighted by atomic mass is 10.1. The number of carbonyl (C=O) groups is 1. The summed E-state index contributed by atoms with van der Waals surface area (Å²) in [6.07, 6.45) is 0.188. The van der Waals surface area contributed by atoms with Gasteiger partial charge in [0.2, 0.25) is 5.91 Å². The molecule has 26 heavy (non-hydrogen) atoms. The van der Waals surface area contributed by atoms with E-state index in [2.05, 4.69) is 35.3 Å². The van der Waals surface area contributed by atoms with Crippen molar-refractivity contribution in [1.29, 1.82) is 0 Å². The van der Waals surface area contributed by atoms with Crippen molar-refractivity contribution < 1.29 is 9.32 Å². The summed E-state index contributed by atoms with van der Waals surface area (Å²) in [5, 5.41) is 7.94. The molecule has 5 nitrogen and oxygen atoms in total. The Morgan fingerprint density at radius 2 is 1.81 bits per heavy atom. The third-order valence-electron chi connectivity index (χ3n) is 4.58. The van der Waals surface area contributed by atoms with Crippen LogP contribution in [0.15, 0.2) is 40.9 Å². The van der Waals surface area contributed by atoms with Gasteiger partial charge in [-0.05, 0) is 69.2 Å². The van der Waals surface area contributed by atoms with Gasteiger partial charge in [-0.25, -0.2) is 0 Å². The van der Waals surface area contributed by atoms with Crippen molar-refractivity contribution in [2.24, 2.45) is 0 Å². The molecule has 0 aliphatic carbocycles. The van der Waals surface area contributed by atoms with E-state index in [1.54, 1.807) is 0 Å². The van der Waals surface area contributed by atoms with E-state index in [4.69, 9.17) is 4.52 Å². The van der Waals surface area contributed by atoms with E-state index in [-0.39, 0.29) is 12.3 Å². The second kappa shape index (κ2) is 7.60. The summed E-state index contributed by atoms with van der Waals surface area (Å²) >= 11 is 0. The SMILES string of the molecule is CCN(CC)c1ccc(NC(=O)Cc2noc3c(C)cc(C)cc23)cc1. The minimum Gasteiger partial charge on any atom is -0.372 e. The number of carbonyl (C=O) groups excluding carboxylic acids is 1. The van der Waals surface area contributed by atoms with Crippen molar-refractivity contribution in [3.63, 3.8) is 0 Å². The van der Waals surface area contributed by atoms with E-state index in [1.807, 2.05) is 44.2 Å². The van der Waals surface area contributed by atoms with Crippen LogP contribution in [0.4, 0.5) is 11.4 Å². The van der Waals surface area contributed by atoms with Gasteiger partial charge in [0.15, 0.2) is 5.58 Å². The Balaban J connectivity index is 1.71. The van der Waals surface area contributed by atoms with Gasteiger partial charge in [0.05, 0.1) is 6.42 Å². The standard InChI is InChI=1S/C21H25N3O2/c1-5-24(6-2)17-9-7-16(8-10-17)22-20(25)13-19-18-12-14(3)11-15(4)21(18)26-23-19/h7-12H,5-6,13H2,1-4H3,(H,22,25). The van der Waals surface area contributed by atoms with Crippen LogP contribution in [0.1, 0.15) is 30.7 Å². The van der Waals surface area contributed by atoms with Crippen LogP contribution >= 0.6 is 0 Å². The first-order chi connectivity index (χ1) is 12.5. The first-order valence-electron chi connectivity index (χ1n) is 9.02. The van der Waals surface area contributed by atoms with Crippen LogP contribution in [0.25, 0.3) is 11.0 Å². The summed E-state index contributed by atoms with van der Waals surface area (Å²) in [6, 6.07) is 12.0. The van der Waals surface area contributed by atoms with E-state index in [0.29, 0.717) is 5.69 Å². The fourth-order valence-corrected chi connectivity index (χ4v) is 3.27. The highest BCUT2D eigenvalue weighted by Crippen LogP contribution is 2.24. The van der Waals surface area contributed by atoms with E-state index in [0.717, 1.165) is 46.6 Å². The summed E-state index contributed by atoms with van der Waals surface area (Å²) in [6.45, 7) is 10.2. The van der Waals surface area contributed by atoms with Crippen LogP contribution in [0.2, 0.25) is 0 Å². The maximum absolute atomic E-state index is 12.4. The second-order valence-corrected chi connectivity index (χ2v) is 6.53. The quantitative estimate of drug-likeness (QED) is 0.712. The van der Waals surface area contributed by atoms with Gasteiger partial charge >= 0.3 is 0 Å². The molecule has 1 aromatic heterocycles. The van der Waals surface area contributed by atoms with Crippen molar-refractivity contribution in [1.82, 2.24) is 5.16 Å². The number of rotatable bonds is 6. The molecule has 3 aromatic rings. The van der Waals surface area contributed by atoms with Crippen molar-refractivity contribution in [2.75, 3.05) is 23.3 Å². The number of benzene rings is 2. The molecule has 0 bridgehead atoms. The maximum atomic E-state index is 12.4. The van der Waals surface area contributed by atoms with Crippen LogP contribution in [-0.2, 0) is 11.2 Å². The number of anilines is 2. The van der Waals surface area contributed by atoms with Crippen LogP contribution < -0.4 is 10.2 Å². The molecule has 3 rings (SSSR count). The lowest BCUT2D eigenvalue weighted by Gasteiger charge is -2.21. The highest BCUT2D eigenvalue weighted by molar-refractivity contribution is 5.95. The van der Waals surface area contributed by atoms with Gasteiger partial charge in [0.1, 0.15) is 5.69 Å². The largest absolute Gasteiger partial charge is 0.372 e. The lowest BCUT2D eigenvalue weighted by Crippen LogP contribution is -2.21. The molecular formula is C21H25N3O2. The number of fused-ring (bicyclic) bond motifs is 1. The molecule has 5 heteroatoms. The molecule has 0 spiro atoms. The zero-order valence-corrected chi connectivity index (χ0v) is 15.8. The van der Waals surface area contributed by atoms with Gasteiger partial charge in [0, 0.05) is 29.9 Å². The number of nitrogens with one attached hydrogen (secondary N) is 1. The highest BCUT2D eigenvalue weighted by Gasteiger charge is 2.14. The molecule has 2 aromatic carbocycles. The Labute approximate surface area is 154 Å². The van der Waals surface area contributed by atoms with E-state index >= 15 is 0 Å². The Kier molecular flexibility index (Phi) is 5.26. The van der Waals surface area contributed by atoms with E-state index < -0.39 is 0 Å². The molecule has 0 atom stereocenters. The third kappa shape index (κ3) is 3.72. The monoisotopic (exact) mass is 351 g/mol. The smallest absolute Gasteiger partial charge is 0.230 e. The summed E-state index contributed by atoms with van der Waals surface area (Å²) in [5.74, 6) is -0.102. The maximum Gasteiger partial charge on any atom is 0.230 e. The average Bonchev–Trinajstić information content (AvgIpc) is 3.00. The van der Waals surface area contributed by atoms with Gasteiger partial charge in [-0.3, -0.25) is 4.79 Å². The Morgan fingerprint density at radius 1 is 1.12 bits per heavy atom. The lowest BCUT2D eigenvalue weighted by molar-refractivity contribution is -0.115. The molecule has 0 radical (unpaired) electrons. The van der Waals surface area contributed by atoms with E-state index in [1.165, 1.54) is 0 Å². The van der Waals surface area contributed by atoms with Gasteiger partial charge in [-0.2, -0.15) is 0 Å². The molecule has 1 amide bonds. The predicted molar refractivity (Wildman–Crippen MR) is 106 cm³/mol. The fraction of sp³-hybridized carbons (Fsp3) is 0.333. The highest BCUT2D eigenvalue weighted by atomic mass is 16.5. The van der Waals surface area contributed by atoms with Crippen LogP contribution in [0.3, 0.4) is 0 Å². The molecular weight excluding hydrogens is 326 g/mol. The number of hydrogen-bond donors (Lipinski definition) is 1. The minimum absolute atomic E-state index is 0.102. The van der Waals surface area contributed by atoms with Gasteiger partial charge in [-0.1, -0.05) is 11.2 Å². The number of aryl methyl sites for hydroxylation is 2. The topological polar surface area (TPSA) is 58.4 Å². The minimum atomic E-state index is -0.102. The number of nitrogens with zero attached hydrogens (tertiary/aromatic N) is 2. The Bertz CT molecular complexity index is 909. The van der Waals surface area contributed by atoms with Crippen LogP contribution in [-0.4, -0.2) is 24.2 Å². The van der Waals surface area contributed by atoms with Crippen molar-refractivity contribution in [2.45, 2.75) is 34.1 Å². The van der Waals surface area contributed by atoms with Crippen molar-refractivity contribution in [3.8, 4) is 0 Å². The van der Waals surface area contributed by atoms with Crippen LogP contribution in [0.5, 0.6) is 0 Å². The second-order valence-electron chi connectivity index (χ2n) is 6.53. The summed E-state index contributed by atoms with van der Waals surface area (Å²) in [4.78, 5) is 14.7. The zero-order chi connectivity index (χ0) is 18.7. The Morgan fingerprint density at radius 3 is 2.46 bits per heavy atom. The molecule has 0 aliphatic rings. The van der Waals surface area contributed by atoms with Crippen LogP contribution in [0, 0.1) is 13.8 Å². The molecule has 0 aliphatic heterocycles. The molecule has 0 fully saturated rings. The third-order valence-corrected chi connectivity index (χ3v) is 4.58. The summed E-state index contributed by atoms with van der Waals surface area (Å²) in [5.41, 5.74) is 5.52. The molecule has 0 unspecified atom stereocenters. The molecule has 1 heterocycles. The first kappa shape index (κ1) is 18.0. The molecule has 1 N–H and O–H groups in total. The van der Waals surface area contributed by atoms with Crippen molar-refractivity contribution >= 4 is 28.3 Å². The van der Waals surface area contributed by atoms with Gasteiger partial charge in [-0.15, -0.1) is 0 Å². The Hall–Kier alpha value is -2.82. The summed E-state index contributed by atoms with van der Waals surface area (Å²) in [7, 11) is 0. The van der Waals surface area contributed by atoms with Crippen molar-refractivity contribution in [3.05, 3.63) is 53.2 Å². The zero-order valence-electron chi connectivity index (χ0n) is 15.8. The fourth-order valence-electron chi connectivity index (χ4n) is 3.27. The normalized spacial score (nSPS) is 10.9.